The van der Waals surface area contributed by atoms with Crippen LogP contribution in [0.25, 0.3) is 21.8 Å². The van der Waals surface area contributed by atoms with Gasteiger partial charge in [0, 0.05) is 39.5 Å². The van der Waals surface area contributed by atoms with Crippen LogP contribution in [0.4, 0.5) is 11.4 Å². The SMILES string of the molecule is NC(=Nc1ccccc1)c1ccc2c(c1)c1cc(C(N)=Nc3ccccc3)ccc1n2Cc1ccccc1. The van der Waals surface area contributed by atoms with Crippen LogP contribution in [-0.4, -0.2) is 16.2 Å². The zero-order chi connectivity index (χ0) is 25.9. The smallest absolute Gasteiger partial charge is 0.131 e. The van der Waals surface area contributed by atoms with E-state index in [4.69, 9.17) is 11.5 Å². The van der Waals surface area contributed by atoms with Gasteiger partial charge in [0.2, 0.25) is 0 Å². The molecule has 0 saturated heterocycles. The van der Waals surface area contributed by atoms with Crippen molar-refractivity contribution in [3.05, 3.63) is 144 Å². The van der Waals surface area contributed by atoms with Crippen molar-refractivity contribution in [3.8, 4) is 0 Å². The van der Waals surface area contributed by atoms with Gasteiger partial charge in [-0.05, 0) is 66.2 Å². The maximum atomic E-state index is 6.46. The highest BCUT2D eigenvalue weighted by Crippen LogP contribution is 2.32. The van der Waals surface area contributed by atoms with E-state index in [2.05, 4.69) is 63.1 Å². The Labute approximate surface area is 221 Å². The van der Waals surface area contributed by atoms with E-state index in [1.807, 2.05) is 78.9 Å². The molecule has 0 amide bonds. The van der Waals surface area contributed by atoms with E-state index in [1.165, 1.54) is 5.56 Å². The lowest BCUT2D eigenvalue weighted by Crippen LogP contribution is -2.12. The molecule has 1 heterocycles. The average Bonchev–Trinajstić information content (AvgIpc) is 3.26. The molecule has 6 aromatic rings. The number of para-hydroxylation sites is 2. The molecule has 5 aromatic carbocycles. The Morgan fingerprint density at radius 3 is 1.39 bits per heavy atom. The maximum Gasteiger partial charge on any atom is 0.131 e. The fourth-order valence-electron chi connectivity index (χ4n) is 4.77. The molecule has 0 aliphatic rings. The first kappa shape index (κ1) is 23.3. The number of aliphatic imine (C=N–C) groups is 2. The summed E-state index contributed by atoms with van der Waals surface area (Å²) in [4.78, 5) is 9.26. The first-order valence-electron chi connectivity index (χ1n) is 12.5. The largest absolute Gasteiger partial charge is 0.383 e. The molecule has 38 heavy (non-hydrogen) atoms. The molecule has 0 saturated carbocycles. The molecule has 0 atom stereocenters. The topological polar surface area (TPSA) is 81.7 Å². The second kappa shape index (κ2) is 10.1. The predicted octanol–water partition coefficient (Wildman–Crippen LogP) is 6.92. The molecule has 6 rings (SSSR count). The van der Waals surface area contributed by atoms with Gasteiger partial charge in [-0.3, -0.25) is 0 Å². The van der Waals surface area contributed by atoms with Crippen LogP contribution in [0, 0.1) is 0 Å². The van der Waals surface area contributed by atoms with E-state index >= 15 is 0 Å². The minimum atomic E-state index is 0.475. The van der Waals surface area contributed by atoms with Gasteiger partial charge in [-0.2, -0.15) is 0 Å². The van der Waals surface area contributed by atoms with Gasteiger partial charge in [0.05, 0.1) is 11.4 Å². The minimum Gasteiger partial charge on any atom is -0.383 e. The maximum absolute atomic E-state index is 6.46. The van der Waals surface area contributed by atoms with Crippen LogP contribution in [0.1, 0.15) is 16.7 Å². The van der Waals surface area contributed by atoms with Crippen LogP contribution in [0.2, 0.25) is 0 Å². The summed E-state index contributed by atoms with van der Waals surface area (Å²) in [6.07, 6.45) is 0. The highest BCUT2D eigenvalue weighted by molar-refractivity contribution is 6.13. The quantitative estimate of drug-likeness (QED) is 0.195. The average molecular weight is 494 g/mol. The van der Waals surface area contributed by atoms with Gasteiger partial charge in [-0.15, -0.1) is 0 Å². The number of fused-ring (bicyclic) bond motifs is 3. The van der Waals surface area contributed by atoms with E-state index in [0.717, 1.165) is 50.9 Å². The normalized spacial score (nSPS) is 12.3. The van der Waals surface area contributed by atoms with E-state index in [-0.39, 0.29) is 0 Å². The highest BCUT2D eigenvalue weighted by atomic mass is 15.0. The number of amidine groups is 2. The van der Waals surface area contributed by atoms with Crippen molar-refractivity contribution >= 4 is 44.9 Å². The van der Waals surface area contributed by atoms with E-state index in [9.17, 15) is 0 Å². The number of benzene rings is 5. The molecular formula is C33H27N5. The molecule has 0 spiro atoms. The van der Waals surface area contributed by atoms with Crippen LogP contribution in [-0.2, 0) is 6.54 Å². The summed E-state index contributed by atoms with van der Waals surface area (Å²) in [6.45, 7) is 0.751. The van der Waals surface area contributed by atoms with E-state index in [0.29, 0.717) is 11.7 Å². The predicted molar refractivity (Wildman–Crippen MR) is 159 cm³/mol. The van der Waals surface area contributed by atoms with Crippen LogP contribution >= 0.6 is 0 Å². The summed E-state index contributed by atoms with van der Waals surface area (Å²) >= 11 is 0. The molecule has 0 radical (unpaired) electrons. The third-order valence-corrected chi connectivity index (χ3v) is 6.65. The summed E-state index contributed by atoms with van der Waals surface area (Å²) in [5.74, 6) is 0.951. The summed E-state index contributed by atoms with van der Waals surface area (Å²) in [7, 11) is 0. The fourth-order valence-corrected chi connectivity index (χ4v) is 4.77. The molecule has 0 aliphatic heterocycles. The summed E-state index contributed by atoms with van der Waals surface area (Å²) in [5, 5.41) is 2.18. The Hall–Kier alpha value is -5.16. The second-order valence-corrected chi connectivity index (χ2v) is 9.20. The third kappa shape index (κ3) is 4.65. The summed E-state index contributed by atoms with van der Waals surface area (Å²) < 4.78 is 2.34. The first-order valence-corrected chi connectivity index (χ1v) is 12.5. The summed E-state index contributed by atoms with van der Waals surface area (Å²) in [6, 6.07) is 42.6. The lowest BCUT2D eigenvalue weighted by molar-refractivity contribution is 0.869. The Balaban J connectivity index is 1.51. The minimum absolute atomic E-state index is 0.475. The monoisotopic (exact) mass is 493 g/mol. The molecule has 5 nitrogen and oxygen atoms in total. The number of nitrogens with zero attached hydrogens (tertiary/aromatic N) is 3. The molecule has 0 aliphatic carbocycles. The van der Waals surface area contributed by atoms with E-state index < -0.39 is 0 Å². The van der Waals surface area contributed by atoms with Crippen LogP contribution < -0.4 is 11.5 Å². The summed E-state index contributed by atoms with van der Waals surface area (Å²) in [5.41, 5.74) is 19.8. The molecule has 5 heteroatoms. The molecule has 0 unspecified atom stereocenters. The zero-order valence-electron chi connectivity index (χ0n) is 20.8. The number of hydrogen-bond acceptors (Lipinski definition) is 2. The lowest BCUT2D eigenvalue weighted by Gasteiger charge is -2.09. The molecular weight excluding hydrogens is 466 g/mol. The highest BCUT2D eigenvalue weighted by Gasteiger charge is 2.14. The molecule has 1 aromatic heterocycles. The second-order valence-electron chi connectivity index (χ2n) is 9.20. The lowest BCUT2D eigenvalue weighted by atomic mass is 10.1. The van der Waals surface area contributed by atoms with Crippen molar-refractivity contribution in [1.82, 2.24) is 4.57 Å². The van der Waals surface area contributed by atoms with Gasteiger partial charge in [-0.1, -0.05) is 66.7 Å². The standard InChI is InChI=1S/C33H27N5/c34-32(36-26-12-6-2-7-13-26)24-16-18-30-28(20-24)29-21-25(33(35)37-27-14-8-3-9-15-27)17-19-31(29)38(30)22-23-10-4-1-5-11-23/h1-21H,22H2,(H2,34,36)(H2,35,37). The van der Waals surface area contributed by atoms with Gasteiger partial charge in [0.1, 0.15) is 11.7 Å². The Morgan fingerprint density at radius 1 is 0.526 bits per heavy atom. The van der Waals surface area contributed by atoms with Gasteiger partial charge >= 0.3 is 0 Å². The number of nitrogens with two attached hydrogens (primary N) is 2. The third-order valence-electron chi connectivity index (χ3n) is 6.65. The Kier molecular flexibility index (Phi) is 6.16. The molecule has 0 fully saturated rings. The van der Waals surface area contributed by atoms with Crippen molar-refractivity contribution in [1.29, 1.82) is 0 Å². The van der Waals surface area contributed by atoms with E-state index in [1.54, 1.807) is 0 Å². The van der Waals surface area contributed by atoms with Crippen LogP contribution in [0.5, 0.6) is 0 Å². The van der Waals surface area contributed by atoms with Crippen molar-refractivity contribution < 1.29 is 0 Å². The Morgan fingerprint density at radius 2 is 0.947 bits per heavy atom. The van der Waals surface area contributed by atoms with Gasteiger partial charge in [-0.25, -0.2) is 9.98 Å². The van der Waals surface area contributed by atoms with Crippen LogP contribution in [0.15, 0.2) is 137 Å². The number of aromatic nitrogens is 1. The molecule has 4 N–H and O–H groups in total. The van der Waals surface area contributed by atoms with Crippen molar-refractivity contribution in [2.24, 2.45) is 21.5 Å². The fraction of sp³-hybridized carbons (Fsp3) is 0.0303. The first-order chi connectivity index (χ1) is 18.7. The van der Waals surface area contributed by atoms with Crippen LogP contribution in [0.3, 0.4) is 0 Å². The number of hydrogen-bond donors (Lipinski definition) is 2. The van der Waals surface area contributed by atoms with Crippen molar-refractivity contribution in [2.45, 2.75) is 6.54 Å². The zero-order valence-corrected chi connectivity index (χ0v) is 20.8. The van der Waals surface area contributed by atoms with Gasteiger partial charge in [0.25, 0.3) is 0 Å². The van der Waals surface area contributed by atoms with Gasteiger partial charge < -0.3 is 16.0 Å². The Bertz CT molecular complexity index is 1670. The van der Waals surface area contributed by atoms with Crippen molar-refractivity contribution in [2.75, 3.05) is 0 Å². The molecule has 184 valence electrons. The number of rotatable bonds is 6. The van der Waals surface area contributed by atoms with Gasteiger partial charge in [0.15, 0.2) is 0 Å². The van der Waals surface area contributed by atoms with Crippen molar-refractivity contribution in [3.63, 3.8) is 0 Å². The molecule has 0 bridgehead atoms.